The Balaban J connectivity index is 1.50. The van der Waals surface area contributed by atoms with Crippen molar-refractivity contribution in [2.45, 2.75) is 45.2 Å². The molecular formula is C28H27ClN8O3. The fourth-order valence-corrected chi connectivity index (χ4v) is 6.45. The fraction of sp³-hybridized carbons (Fsp3) is 0.357. The van der Waals surface area contributed by atoms with E-state index in [0.717, 1.165) is 37.4 Å². The lowest BCUT2D eigenvalue weighted by molar-refractivity contribution is 0.120. The smallest absolute Gasteiger partial charge is 0.433 e. The van der Waals surface area contributed by atoms with Gasteiger partial charge in [0.05, 0.1) is 16.8 Å². The zero-order valence-corrected chi connectivity index (χ0v) is 22.5. The highest BCUT2D eigenvalue weighted by molar-refractivity contribution is 6.30. The van der Waals surface area contributed by atoms with Crippen LogP contribution in [0.15, 0.2) is 58.7 Å². The minimum Gasteiger partial charge on any atom is -0.493 e. The van der Waals surface area contributed by atoms with Gasteiger partial charge in [-0.25, -0.2) is 14.8 Å². The molecular weight excluding hydrogens is 532 g/mol. The first-order valence-electron chi connectivity index (χ1n) is 13.4. The predicted molar refractivity (Wildman–Crippen MR) is 150 cm³/mol. The van der Waals surface area contributed by atoms with Crippen LogP contribution in [0.3, 0.4) is 0 Å². The van der Waals surface area contributed by atoms with Crippen LogP contribution in [0, 0.1) is 11.8 Å². The van der Waals surface area contributed by atoms with Gasteiger partial charge < -0.3 is 25.0 Å². The summed E-state index contributed by atoms with van der Waals surface area (Å²) in [5.41, 5.74) is 10.7. The first-order chi connectivity index (χ1) is 19.4. The number of amides is 1. The summed E-state index contributed by atoms with van der Waals surface area (Å²) >= 11 is 6.32. The molecule has 0 fully saturated rings. The molecule has 7 rings (SSSR count). The van der Waals surface area contributed by atoms with E-state index in [2.05, 4.69) is 54.6 Å². The zero-order valence-electron chi connectivity index (χ0n) is 21.8. The van der Waals surface area contributed by atoms with E-state index < -0.39 is 6.09 Å². The van der Waals surface area contributed by atoms with Crippen LogP contribution >= 0.6 is 11.6 Å². The van der Waals surface area contributed by atoms with Crippen molar-refractivity contribution in [2.75, 3.05) is 11.5 Å². The third-order valence-corrected chi connectivity index (χ3v) is 8.24. The van der Waals surface area contributed by atoms with Crippen LogP contribution in [0.25, 0.3) is 22.4 Å². The first-order valence-corrected chi connectivity index (χ1v) is 13.8. The van der Waals surface area contributed by atoms with Crippen LogP contribution in [0.1, 0.15) is 38.4 Å². The Morgan fingerprint density at radius 2 is 2.10 bits per heavy atom. The molecule has 12 heteroatoms. The predicted octanol–water partition coefficient (Wildman–Crippen LogP) is 4.68. The number of nitrogens with two attached hydrogens (primary N) is 1. The number of imidazole rings is 1. The standard InChI is InChI=1S/C28H27ClN8O3/c1-14-7-8-16-12-36-22-20(17-9-18(29)11-31-10-17)32-26(24(30)33-28(38)39)34-25(22)35-27(36)37-19(13-40-23(14)21(16)37)15-5-3-2-4-6-15/h3,5-6,9-11,14,16,19H,2,4,7-8,12-13H2,1H3,(H2,30,33)(H,38,39)/t14-,16+,19+/m1/s1. The number of halogens is 1. The molecule has 0 saturated heterocycles. The third-order valence-electron chi connectivity index (χ3n) is 8.04. The molecule has 204 valence electrons. The second-order valence-corrected chi connectivity index (χ2v) is 11.0. The highest BCUT2D eigenvalue weighted by atomic mass is 35.5. The SMILES string of the molecule is C[C@@H]1CC[C@H]2Cn3c(nc4nc(/C(N)=N/C(=O)O)nc(-c5cncc(Cl)c5)c43)N3C2=C1OC[C@H]3C1=CCCC=C1. The number of aromatic nitrogens is 5. The van der Waals surface area contributed by atoms with Gasteiger partial charge in [0, 0.05) is 36.3 Å². The van der Waals surface area contributed by atoms with Crippen LogP contribution < -0.4 is 10.6 Å². The molecule has 0 saturated carbocycles. The molecule has 0 aromatic carbocycles. The number of hydrogen-bond donors (Lipinski definition) is 2. The molecule has 3 N–H and O–H groups in total. The van der Waals surface area contributed by atoms with Gasteiger partial charge in [-0.15, -0.1) is 0 Å². The zero-order chi connectivity index (χ0) is 27.5. The lowest BCUT2D eigenvalue weighted by Crippen LogP contribution is -2.51. The summed E-state index contributed by atoms with van der Waals surface area (Å²) in [6.07, 6.45) is 12.5. The van der Waals surface area contributed by atoms with E-state index in [1.165, 1.54) is 11.3 Å². The number of anilines is 1. The Morgan fingerprint density at radius 1 is 1.23 bits per heavy atom. The van der Waals surface area contributed by atoms with Crippen molar-refractivity contribution in [1.29, 1.82) is 0 Å². The van der Waals surface area contributed by atoms with Gasteiger partial charge in [0.1, 0.15) is 23.6 Å². The van der Waals surface area contributed by atoms with E-state index in [1.807, 2.05) is 0 Å². The molecule has 4 aliphatic rings. The molecule has 3 aromatic rings. The number of rotatable bonds is 3. The van der Waals surface area contributed by atoms with Gasteiger partial charge in [-0.3, -0.25) is 4.98 Å². The number of amidine groups is 1. The average Bonchev–Trinajstić information content (AvgIpc) is 3.33. The van der Waals surface area contributed by atoms with Gasteiger partial charge in [-0.05, 0) is 37.3 Å². The van der Waals surface area contributed by atoms with Crippen molar-refractivity contribution in [3.05, 3.63) is 64.6 Å². The minimum absolute atomic E-state index is 0.0253. The van der Waals surface area contributed by atoms with Crippen molar-refractivity contribution in [3.8, 4) is 11.3 Å². The summed E-state index contributed by atoms with van der Waals surface area (Å²) in [5.74, 6) is 2.02. The van der Waals surface area contributed by atoms with Crippen LogP contribution in [0.5, 0.6) is 0 Å². The quantitative estimate of drug-likeness (QED) is 0.345. The second kappa shape index (κ2) is 9.44. The number of ether oxygens (including phenoxy) is 1. The Hall–Kier alpha value is -4.25. The molecule has 2 aliphatic heterocycles. The van der Waals surface area contributed by atoms with Gasteiger partial charge in [0.2, 0.25) is 5.95 Å². The van der Waals surface area contributed by atoms with E-state index in [0.29, 0.717) is 46.5 Å². The highest BCUT2D eigenvalue weighted by Gasteiger charge is 2.46. The molecule has 0 radical (unpaired) electrons. The summed E-state index contributed by atoms with van der Waals surface area (Å²) in [5, 5.41) is 9.64. The Kier molecular flexibility index (Phi) is 5.85. The van der Waals surface area contributed by atoms with Crippen LogP contribution in [-0.4, -0.2) is 54.2 Å². The van der Waals surface area contributed by atoms with Crippen molar-refractivity contribution in [1.82, 2.24) is 24.5 Å². The lowest BCUT2D eigenvalue weighted by Gasteiger charge is -2.49. The molecule has 11 nitrogen and oxygen atoms in total. The minimum atomic E-state index is -1.43. The van der Waals surface area contributed by atoms with Crippen LogP contribution in [-0.2, 0) is 11.3 Å². The van der Waals surface area contributed by atoms with Gasteiger partial charge >= 0.3 is 6.09 Å². The Bertz CT molecular complexity index is 1690. The van der Waals surface area contributed by atoms with Crippen molar-refractivity contribution < 1.29 is 14.6 Å². The number of carboxylic acid groups (broad SMARTS) is 1. The number of allylic oxidation sites excluding steroid dienone is 4. The lowest BCUT2D eigenvalue weighted by atomic mass is 9.81. The summed E-state index contributed by atoms with van der Waals surface area (Å²) in [6, 6.07) is 1.72. The molecule has 3 aromatic heterocycles. The number of nitrogens with zero attached hydrogens (tertiary/aromatic N) is 7. The van der Waals surface area contributed by atoms with E-state index in [4.69, 9.17) is 27.1 Å². The van der Waals surface area contributed by atoms with Gasteiger partial charge in [0.25, 0.3) is 0 Å². The summed E-state index contributed by atoms with van der Waals surface area (Å²) in [6.45, 7) is 3.43. The molecule has 1 amide bonds. The molecule has 0 spiro atoms. The van der Waals surface area contributed by atoms with E-state index in [1.54, 1.807) is 18.5 Å². The van der Waals surface area contributed by atoms with Crippen LogP contribution in [0.2, 0.25) is 5.02 Å². The normalized spacial score (nSPS) is 23.9. The molecule has 3 atom stereocenters. The molecule has 2 aliphatic carbocycles. The Morgan fingerprint density at radius 3 is 2.88 bits per heavy atom. The van der Waals surface area contributed by atoms with E-state index >= 15 is 0 Å². The van der Waals surface area contributed by atoms with Crippen LogP contribution in [0.4, 0.5) is 10.7 Å². The summed E-state index contributed by atoms with van der Waals surface area (Å²) in [7, 11) is 0. The highest BCUT2D eigenvalue weighted by Crippen LogP contribution is 2.48. The number of pyridine rings is 1. The van der Waals surface area contributed by atoms with Crippen molar-refractivity contribution in [2.24, 2.45) is 22.6 Å². The third kappa shape index (κ3) is 3.95. The van der Waals surface area contributed by atoms with E-state index in [9.17, 15) is 9.90 Å². The maximum atomic E-state index is 11.3. The molecule has 40 heavy (non-hydrogen) atoms. The summed E-state index contributed by atoms with van der Waals surface area (Å²) < 4.78 is 8.64. The van der Waals surface area contributed by atoms with Gasteiger partial charge in [-0.1, -0.05) is 36.8 Å². The molecule has 5 heterocycles. The largest absolute Gasteiger partial charge is 0.493 e. The molecule has 0 bridgehead atoms. The molecule has 0 unspecified atom stereocenters. The van der Waals surface area contributed by atoms with Crippen molar-refractivity contribution in [3.63, 3.8) is 0 Å². The first kappa shape index (κ1) is 24.8. The fourth-order valence-electron chi connectivity index (χ4n) is 6.28. The Labute approximate surface area is 234 Å². The number of hydrogen-bond acceptors (Lipinski definition) is 7. The van der Waals surface area contributed by atoms with Gasteiger partial charge in [0.15, 0.2) is 17.3 Å². The van der Waals surface area contributed by atoms with Gasteiger partial charge in [-0.2, -0.15) is 9.98 Å². The van der Waals surface area contributed by atoms with Crippen molar-refractivity contribution >= 4 is 40.6 Å². The maximum absolute atomic E-state index is 11.3. The monoisotopic (exact) mass is 558 g/mol. The number of carbonyl (C=O) groups is 1. The maximum Gasteiger partial charge on any atom is 0.433 e. The van der Waals surface area contributed by atoms with E-state index in [-0.39, 0.29) is 23.6 Å². The second-order valence-electron chi connectivity index (χ2n) is 10.6. The average molecular weight is 559 g/mol. The summed E-state index contributed by atoms with van der Waals surface area (Å²) in [4.78, 5) is 35.6. The number of aliphatic imine (C=N–C) groups is 1. The number of fused-ring (bicyclic) bond motifs is 4. The topological polar surface area (TPSA) is 145 Å².